The van der Waals surface area contributed by atoms with Crippen molar-refractivity contribution in [2.45, 2.75) is 31.7 Å². The maximum atomic E-state index is 12.0. The first kappa shape index (κ1) is 15.3. The lowest BCUT2D eigenvalue weighted by Gasteiger charge is -2.30. The molecule has 2 fully saturated rings. The summed E-state index contributed by atoms with van der Waals surface area (Å²) in [5.41, 5.74) is 1.27. The molecule has 0 radical (unpaired) electrons. The third-order valence-electron chi connectivity index (χ3n) is 5.01. The van der Waals surface area contributed by atoms with Crippen LogP contribution in [0.15, 0.2) is 30.3 Å². The van der Waals surface area contributed by atoms with Crippen LogP contribution in [0.1, 0.15) is 24.8 Å². The van der Waals surface area contributed by atoms with Crippen molar-refractivity contribution in [3.63, 3.8) is 0 Å². The molecule has 1 aromatic rings. The molecule has 0 aliphatic carbocycles. The molecule has 2 aliphatic rings. The summed E-state index contributed by atoms with van der Waals surface area (Å²) in [5.74, 6) is 0.752. The SMILES string of the molecule is CN1CCC(CCN2C(=O)OC[C@@H]2Cc2ccccc2)CC1. The van der Waals surface area contributed by atoms with E-state index in [9.17, 15) is 4.79 Å². The van der Waals surface area contributed by atoms with Crippen LogP contribution in [0, 0.1) is 5.92 Å². The number of ether oxygens (including phenoxy) is 1. The maximum absolute atomic E-state index is 12.0. The lowest BCUT2D eigenvalue weighted by atomic mass is 9.93. The first-order valence-electron chi connectivity index (χ1n) is 8.38. The molecule has 2 aliphatic heterocycles. The minimum Gasteiger partial charge on any atom is -0.447 e. The molecule has 0 spiro atoms. The Morgan fingerprint density at radius 1 is 1.18 bits per heavy atom. The average molecular weight is 302 g/mol. The van der Waals surface area contributed by atoms with Gasteiger partial charge in [-0.2, -0.15) is 0 Å². The van der Waals surface area contributed by atoms with Crippen LogP contribution in [0.4, 0.5) is 4.79 Å². The van der Waals surface area contributed by atoms with Crippen molar-refractivity contribution >= 4 is 6.09 Å². The van der Waals surface area contributed by atoms with E-state index in [0.717, 1.165) is 25.3 Å². The van der Waals surface area contributed by atoms with Gasteiger partial charge in [0.15, 0.2) is 0 Å². The molecule has 22 heavy (non-hydrogen) atoms. The molecule has 0 aromatic heterocycles. The number of carbonyl (C=O) groups excluding carboxylic acids is 1. The first-order valence-corrected chi connectivity index (χ1v) is 8.38. The molecular formula is C18H26N2O2. The normalized spacial score (nSPS) is 23.8. The number of carbonyl (C=O) groups is 1. The van der Waals surface area contributed by atoms with Gasteiger partial charge in [0.2, 0.25) is 0 Å². The minimum atomic E-state index is -0.131. The highest BCUT2D eigenvalue weighted by atomic mass is 16.6. The summed E-state index contributed by atoms with van der Waals surface area (Å²) in [4.78, 5) is 16.3. The maximum Gasteiger partial charge on any atom is 0.410 e. The standard InChI is InChI=1S/C18H26N2O2/c1-19-10-7-15(8-11-19)9-12-20-17(14-22-18(20)21)13-16-5-3-2-4-6-16/h2-6,15,17H,7-14H2,1H3/t17-/m0/s1. The Morgan fingerprint density at radius 3 is 2.64 bits per heavy atom. The molecule has 2 heterocycles. The number of hydrogen-bond acceptors (Lipinski definition) is 3. The number of rotatable bonds is 5. The summed E-state index contributed by atoms with van der Waals surface area (Å²) < 4.78 is 5.29. The van der Waals surface area contributed by atoms with Gasteiger partial charge in [0.1, 0.15) is 6.61 Å². The fourth-order valence-corrected chi connectivity index (χ4v) is 3.49. The van der Waals surface area contributed by atoms with Gasteiger partial charge in [-0.3, -0.25) is 0 Å². The fourth-order valence-electron chi connectivity index (χ4n) is 3.49. The Labute approximate surface area is 133 Å². The van der Waals surface area contributed by atoms with E-state index in [1.54, 1.807) is 0 Å². The first-order chi connectivity index (χ1) is 10.7. The molecule has 0 unspecified atom stereocenters. The molecule has 4 nitrogen and oxygen atoms in total. The molecule has 0 saturated carbocycles. The van der Waals surface area contributed by atoms with E-state index in [2.05, 4.69) is 36.2 Å². The summed E-state index contributed by atoms with van der Waals surface area (Å²) in [6.45, 7) is 3.73. The van der Waals surface area contributed by atoms with Gasteiger partial charge >= 0.3 is 6.09 Å². The molecule has 4 heteroatoms. The molecular weight excluding hydrogens is 276 g/mol. The number of likely N-dealkylation sites (tertiary alicyclic amines) is 1. The second-order valence-corrected chi connectivity index (χ2v) is 6.65. The van der Waals surface area contributed by atoms with E-state index in [0.29, 0.717) is 6.61 Å². The zero-order chi connectivity index (χ0) is 15.4. The average Bonchev–Trinajstić information content (AvgIpc) is 2.88. The Morgan fingerprint density at radius 2 is 1.91 bits per heavy atom. The van der Waals surface area contributed by atoms with Crippen LogP contribution in [0.3, 0.4) is 0 Å². The lowest BCUT2D eigenvalue weighted by Crippen LogP contribution is -2.38. The Hall–Kier alpha value is -1.55. The zero-order valence-electron chi connectivity index (χ0n) is 13.4. The molecule has 1 amide bonds. The van der Waals surface area contributed by atoms with E-state index in [1.807, 2.05) is 11.0 Å². The molecule has 120 valence electrons. The van der Waals surface area contributed by atoms with Crippen molar-refractivity contribution in [1.29, 1.82) is 0 Å². The number of benzene rings is 1. The van der Waals surface area contributed by atoms with Crippen LogP contribution >= 0.6 is 0 Å². The number of cyclic esters (lactones) is 1. The monoisotopic (exact) mass is 302 g/mol. The second-order valence-electron chi connectivity index (χ2n) is 6.65. The van der Waals surface area contributed by atoms with Gasteiger partial charge in [-0.15, -0.1) is 0 Å². The Kier molecular flexibility index (Phi) is 4.98. The van der Waals surface area contributed by atoms with Crippen molar-refractivity contribution in [3.8, 4) is 0 Å². The quantitative estimate of drug-likeness (QED) is 0.838. The zero-order valence-corrected chi connectivity index (χ0v) is 13.4. The van der Waals surface area contributed by atoms with Gasteiger partial charge in [0.25, 0.3) is 0 Å². The highest BCUT2D eigenvalue weighted by Gasteiger charge is 2.33. The van der Waals surface area contributed by atoms with E-state index < -0.39 is 0 Å². The van der Waals surface area contributed by atoms with Crippen molar-refractivity contribution in [2.75, 3.05) is 33.3 Å². The van der Waals surface area contributed by atoms with E-state index in [4.69, 9.17) is 4.74 Å². The summed E-state index contributed by atoms with van der Waals surface area (Å²) in [6.07, 6.45) is 4.37. The summed E-state index contributed by atoms with van der Waals surface area (Å²) in [7, 11) is 2.18. The number of amides is 1. The largest absolute Gasteiger partial charge is 0.447 e. The van der Waals surface area contributed by atoms with Crippen molar-refractivity contribution in [3.05, 3.63) is 35.9 Å². The smallest absolute Gasteiger partial charge is 0.410 e. The third-order valence-corrected chi connectivity index (χ3v) is 5.01. The van der Waals surface area contributed by atoms with Crippen molar-refractivity contribution < 1.29 is 9.53 Å². The number of nitrogens with zero attached hydrogens (tertiary/aromatic N) is 2. The second kappa shape index (κ2) is 7.14. The van der Waals surface area contributed by atoms with Crippen molar-refractivity contribution in [1.82, 2.24) is 9.80 Å². The highest BCUT2D eigenvalue weighted by molar-refractivity contribution is 5.70. The van der Waals surface area contributed by atoms with Crippen LogP contribution in [-0.4, -0.2) is 55.2 Å². The number of hydrogen-bond donors (Lipinski definition) is 0. The third kappa shape index (κ3) is 3.80. The van der Waals surface area contributed by atoms with Gasteiger partial charge in [-0.25, -0.2) is 4.79 Å². The van der Waals surface area contributed by atoms with Crippen molar-refractivity contribution in [2.24, 2.45) is 5.92 Å². The lowest BCUT2D eigenvalue weighted by molar-refractivity contribution is 0.151. The van der Waals surface area contributed by atoms with Gasteiger partial charge in [0.05, 0.1) is 6.04 Å². The summed E-state index contributed by atoms with van der Waals surface area (Å²) in [6, 6.07) is 10.6. The van der Waals surface area contributed by atoms with Crippen LogP contribution in [-0.2, 0) is 11.2 Å². The molecule has 0 bridgehead atoms. The van der Waals surface area contributed by atoms with Crippen LogP contribution in [0.25, 0.3) is 0 Å². The fraction of sp³-hybridized carbons (Fsp3) is 0.611. The Bertz CT molecular complexity index is 483. The predicted octanol–water partition coefficient (Wildman–Crippen LogP) is 2.78. The van der Waals surface area contributed by atoms with Gasteiger partial charge in [-0.1, -0.05) is 30.3 Å². The number of piperidine rings is 1. The van der Waals surface area contributed by atoms with Gasteiger partial charge in [0, 0.05) is 6.54 Å². The molecule has 2 saturated heterocycles. The summed E-state index contributed by atoms with van der Waals surface area (Å²) >= 11 is 0. The minimum absolute atomic E-state index is 0.131. The van der Waals surface area contributed by atoms with Crippen LogP contribution < -0.4 is 0 Å². The van der Waals surface area contributed by atoms with Crippen LogP contribution in [0.2, 0.25) is 0 Å². The van der Waals surface area contributed by atoms with Gasteiger partial charge in [-0.05, 0) is 57.3 Å². The predicted molar refractivity (Wildman–Crippen MR) is 86.8 cm³/mol. The molecule has 1 aromatic carbocycles. The van der Waals surface area contributed by atoms with Crippen LogP contribution in [0.5, 0.6) is 0 Å². The summed E-state index contributed by atoms with van der Waals surface area (Å²) in [5, 5.41) is 0. The van der Waals surface area contributed by atoms with E-state index in [-0.39, 0.29) is 12.1 Å². The van der Waals surface area contributed by atoms with E-state index >= 15 is 0 Å². The topological polar surface area (TPSA) is 32.8 Å². The molecule has 0 N–H and O–H groups in total. The van der Waals surface area contributed by atoms with Gasteiger partial charge < -0.3 is 14.5 Å². The molecule has 1 atom stereocenters. The Balaban J connectivity index is 1.52. The highest BCUT2D eigenvalue weighted by Crippen LogP contribution is 2.23. The molecule has 3 rings (SSSR count). The van der Waals surface area contributed by atoms with E-state index in [1.165, 1.54) is 31.5 Å².